The summed E-state index contributed by atoms with van der Waals surface area (Å²) in [7, 11) is 0. The van der Waals surface area contributed by atoms with Crippen LogP contribution in [0.1, 0.15) is 270 Å². The first-order valence-corrected chi connectivity index (χ1v) is 33.9. The Morgan fingerprint density at radius 1 is 0.345 bits per heavy atom. The average Bonchev–Trinajstić information content (AvgIpc) is 3.71. The Balaban J connectivity index is 1.04. The molecule has 0 N–H and O–H groups in total. The van der Waals surface area contributed by atoms with Crippen LogP contribution in [-0.4, -0.2) is 50.8 Å². The van der Waals surface area contributed by atoms with Gasteiger partial charge >= 0.3 is 11.9 Å². The maximum absolute atomic E-state index is 13.3. The molecule has 0 heterocycles. The summed E-state index contributed by atoms with van der Waals surface area (Å²) >= 11 is 0. The van der Waals surface area contributed by atoms with Gasteiger partial charge in [0.05, 0.1) is 49.6 Å². The van der Waals surface area contributed by atoms with Crippen molar-refractivity contribution in [2.24, 2.45) is 21.8 Å². The molecular weight excluding hydrogens is 1040 g/mol. The molecule has 1 aliphatic rings. The van der Waals surface area contributed by atoms with Crippen LogP contribution in [0, 0.1) is 11.8 Å². The van der Waals surface area contributed by atoms with Crippen molar-refractivity contribution in [3.63, 3.8) is 0 Å². The van der Waals surface area contributed by atoms with Crippen LogP contribution in [0.5, 0.6) is 34.5 Å². The van der Waals surface area contributed by atoms with Gasteiger partial charge in [-0.2, -0.15) is 0 Å². The van der Waals surface area contributed by atoms with E-state index in [1.807, 2.05) is 73.1 Å². The van der Waals surface area contributed by atoms with Gasteiger partial charge in [0, 0.05) is 12.4 Å². The van der Waals surface area contributed by atoms with Crippen LogP contribution in [0.3, 0.4) is 0 Å². The van der Waals surface area contributed by atoms with Crippen LogP contribution in [0.25, 0.3) is 0 Å². The highest BCUT2D eigenvalue weighted by atomic mass is 16.5. The van der Waals surface area contributed by atoms with Crippen molar-refractivity contribution in [2.45, 2.75) is 259 Å². The summed E-state index contributed by atoms with van der Waals surface area (Å²) < 4.78 is 36.9. The Labute approximate surface area is 509 Å². The van der Waals surface area contributed by atoms with Gasteiger partial charge in [-0.05, 0) is 147 Å². The third kappa shape index (κ3) is 29.9. The molecule has 1 fully saturated rings. The maximum atomic E-state index is 13.3. The predicted molar refractivity (Wildman–Crippen MR) is 349 cm³/mol. The van der Waals surface area contributed by atoms with E-state index in [1.54, 1.807) is 24.3 Å². The zero-order chi connectivity index (χ0) is 59.3. The van der Waals surface area contributed by atoms with Gasteiger partial charge in [0.2, 0.25) is 0 Å². The van der Waals surface area contributed by atoms with E-state index in [9.17, 15) is 9.59 Å². The van der Waals surface area contributed by atoms with Crippen LogP contribution in [0.4, 0.5) is 11.4 Å². The summed E-state index contributed by atoms with van der Waals surface area (Å²) in [6.45, 7) is 11.7. The fraction of sp³-hybridized carbons (Fsp3) is 0.622. The van der Waals surface area contributed by atoms with Crippen molar-refractivity contribution in [1.29, 1.82) is 0 Å². The molecule has 10 nitrogen and oxygen atoms in total. The molecule has 0 bridgehead atoms. The third-order valence-corrected chi connectivity index (χ3v) is 16.2. The van der Waals surface area contributed by atoms with Gasteiger partial charge < -0.3 is 28.4 Å². The minimum atomic E-state index is -0.288. The molecule has 0 saturated heterocycles. The molecule has 0 spiro atoms. The Morgan fingerprint density at radius 3 is 0.893 bits per heavy atom. The molecule has 464 valence electrons. The van der Waals surface area contributed by atoms with Gasteiger partial charge in [-0.3, -0.25) is 19.6 Å². The second-order valence-corrected chi connectivity index (χ2v) is 23.6. The second kappa shape index (κ2) is 44.8. The van der Waals surface area contributed by atoms with E-state index in [1.165, 1.54) is 180 Å². The Bertz CT molecular complexity index is 2220. The predicted octanol–water partition coefficient (Wildman–Crippen LogP) is 21.6. The molecule has 10 heteroatoms. The summed E-state index contributed by atoms with van der Waals surface area (Å²) in [4.78, 5) is 36.1. The van der Waals surface area contributed by atoms with E-state index in [0.717, 1.165) is 71.2 Å². The van der Waals surface area contributed by atoms with E-state index in [-0.39, 0.29) is 23.8 Å². The Kier molecular flexibility index (Phi) is 36.9. The fourth-order valence-corrected chi connectivity index (χ4v) is 10.8. The quantitative estimate of drug-likeness (QED) is 0.0186. The van der Waals surface area contributed by atoms with E-state index in [0.29, 0.717) is 63.6 Å². The van der Waals surface area contributed by atoms with Crippen LogP contribution in [0.15, 0.2) is 94.9 Å². The van der Waals surface area contributed by atoms with Gasteiger partial charge in [-0.25, -0.2) is 0 Å². The van der Waals surface area contributed by atoms with Gasteiger partial charge in [0.15, 0.2) is 23.0 Å². The maximum Gasteiger partial charge on any atom is 0.314 e. The summed E-state index contributed by atoms with van der Waals surface area (Å²) in [5.41, 5.74) is 3.33. The normalized spacial score (nSPS) is 14.3. The number of unbranched alkanes of at least 4 members (excludes halogenated alkanes) is 28. The highest BCUT2D eigenvalue weighted by Crippen LogP contribution is 2.34. The number of ether oxygens (including phenoxy) is 6. The van der Waals surface area contributed by atoms with Gasteiger partial charge in [-0.15, -0.1) is 0 Å². The first-order chi connectivity index (χ1) is 41.4. The Morgan fingerprint density at radius 2 is 0.607 bits per heavy atom. The van der Waals surface area contributed by atoms with Crippen molar-refractivity contribution >= 4 is 35.7 Å². The number of hydrogen-bond donors (Lipinski definition) is 0. The van der Waals surface area contributed by atoms with Crippen molar-refractivity contribution in [1.82, 2.24) is 0 Å². The molecule has 5 rings (SSSR count). The monoisotopic (exact) mass is 1150 g/mol. The number of rotatable bonds is 48. The number of esters is 2. The molecule has 0 amide bonds. The van der Waals surface area contributed by atoms with Crippen LogP contribution >= 0.6 is 0 Å². The number of benzene rings is 4. The highest BCUT2D eigenvalue weighted by Gasteiger charge is 2.32. The molecular formula is C74H110N2O8. The number of carbonyl (C=O) groups is 2. The molecule has 0 aromatic heterocycles. The van der Waals surface area contributed by atoms with E-state index in [2.05, 4.69) is 27.7 Å². The number of hydrogen-bond acceptors (Lipinski definition) is 10. The van der Waals surface area contributed by atoms with Crippen molar-refractivity contribution in [2.75, 3.05) is 26.4 Å². The average molecular weight is 1160 g/mol. The third-order valence-electron chi connectivity index (χ3n) is 16.2. The van der Waals surface area contributed by atoms with E-state index in [4.69, 9.17) is 38.4 Å². The van der Waals surface area contributed by atoms with Gasteiger partial charge in [-0.1, -0.05) is 207 Å². The highest BCUT2D eigenvalue weighted by molar-refractivity contribution is 5.84. The molecule has 84 heavy (non-hydrogen) atoms. The lowest BCUT2D eigenvalue weighted by Crippen LogP contribution is -2.30. The zero-order valence-electron chi connectivity index (χ0n) is 52.8. The molecule has 0 aliphatic heterocycles. The smallest absolute Gasteiger partial charge is 0.314 e. The van der Waals surface area contributed by atoms with Crippen LogP contribution in [0.2, 0.25) is 0 Å². The lowest BCUT2D eigenvalue weighted by atomic mass is 9.82. The molecule has 4 aromatic rings. The summed E-state index contributed by atoms with van der Waals surface area (Å²) in [5.74, 6) is 2.91. The topological polar surface area (TPSA) is 114 Å². The minimum Gasteiger partial charge on any atom is -0.490 e. The Hall–Kier alpha value is -5.64. The van der Waals surface area contributed by atoms with Gasteiger partial charge in [0.25, 0.3) is 0 Å². The molecule has 1 aliphatic carbocycles. The standard InChI is InChI=1S/C74H110N2O8/c1-5-9-13-17-21-25-29-33-53-79-69-51-37-61(57-71(69)81-55-35-31-27-23-19-15-11-7-3)59-75-65-43-47-67(48-44-65)83-73(77)63-39-41-64(42-40-63)74(78)84-68-49-45-66(46-50-68)76-60-62-38-52-70(80-54-34-30-26-22-18-14-10-6-2)72(58-62)82-56-36-32-28-24-20-16-12-8-4/h37-38,43-52,57-60,63-64H,5-36,39-42,53-56H2,1-4H3. The van der Waals surface area contributed by atoms with Crippen molar-refractivity contribution in [3.8, 4) is 34.5 Å². The van der Waals surface area contributed by atoms with Crippen LogP contribution in [-0.2, 0) is 9.59 Å². The summed E-state index contributed by atoms with van der Waals surface area (Å²) in [5, 5.41) is 0. The molecule has 0 unspecified atom stereocenters. The number of carbonyl (C=O) groups excluding carboxylic acids is 2. The lowest BCUT2D eigenvalue weighted by Gasteiger charge is -2.25. The molecule has 0 atom stereocenters. The molecule has 0 radical (unpaired) electrons. The first-order valence-electron chi connectivity index (χ1n) is 33.9. The number of nitrogens with zero attached hydrogens (tertiary/aromatic N) is 2. The SMILES string of the molecule is CCCCCCCCCCOc1ccc(C=Nc2ccc(OC(=O)C3CCC(C(=O)Oc4ccc(N=Cc5ccc(OCCCCCCCCCC)c(OCCCCCCCCCC)c5)cc4)CC3)cc2)cc1OCCCCCCCCCC. The lowest BCUT2D eigenvalue weighted by molar-refractivity contribution is -0.145. The van der Waals surface area contributed by atoms with Crippen molar-refractivity contribution < 1.29 is 38.0 Å². The minimum absolute atomic E-state index is 0.278. The van der Waals surface area contributed by atoms with Crippen LogP contribution < -0.4 is 28.4 Å². The molecule has 4 aromatic carbocycles. The van der Waals surface area contributed by atoms with Crippen molar-refractivity contribution in [3.05, 3.63) is 96.1 Å². The first kappa shape index (κ1) is 69.1. The molecule has 1 saturated carbocycles. The summed E-state index contributed by atoms with van der Waals surface area (Å²) in [6.07, 6.45) is 46.1. The summed E-state index contributed by atoms with van der Waals surface area (Å²) in [6, 6.07) is 26.6. The number of aliphatic imine (C=N–C) groups is 2. The fourth-order valence-electron chi connectivity index (χ4n) is 10.8. The van der Waals surface area contributed by atoms with E-state index < -0.39 is 0 Å². The second-order valence-electron chi connectivity index (χ2n) is 23.6. The zero-order valence-corrected chi connectivity index (χ0v) is 52.8. The van der Waals surface area contributed by atoms with E-state index >= 15 is 0 Å². The van der Waals surface area contributed by atoms with Gasteiger partial charge in [0.1, 0.15) is 11.5 Å². The largest absolute Gasteiger partial charge is 0.490 e.